The fourth-order valence-electron chi connectivity index (χ4n) is 2.22. The lowest BCUT2D eigenvalue weighted by Gasteiger charge is -2.30. The first-order chi connectivity index (χ1) is 8.86. The molecule has 0 radical (unpaired) electrons. The van der Waals surface area contributed by atoms with Crippen molar-refractivity contribution < 1.29 is 4.79 Å². The fourth-order valence-corrected chi connectivity index (χ4v) is 2.22. The zero-order chi connectivity index (χ0) is 12.4. The van der Waals surface area contributed by atoms with E-state index in [2.05, 4.69) is 25.7 Å². The third-order valence-corrected chi connectivity index (χ3v) is 3.10. The van der Waals surface area contributed by atoms with Crippen molar-refractivity contribution >= 4 is 17.3 Å². The Morgan fingerprint density at radius 3 is 2.67 bits per heavy atom. The third kappa shape index (κ3) is 1.91. The van der Waals surface area contributed by atoms with Gasteiger partial charge in [0.05, 0.1) is 0 Å². The zero-order valence-electron chi connectivity index (χ0n) is 9.83. The van der Waals surface area contributed by atoms with E-state index in [0.29, 0.717) is 5.71 Å². The highest BCUT2D eigenvalue weighted by Crippen LogP contribution is 2.23. The summed E-state index contributed by atoms with van der Waals surface area (Å²) in [5.41, 5.74) is 2.18. The lowest BCUT2D eigenvalue weighted by molar-refractivity contribution is -0.111. The van der Waals surface area contributed by atoms with Crippen LogP contribution in [0.1, 0.15) is 5.56 Å². The Hall–Kier alpha value is -2.08. The Balaban J connectivity index is 1.97. The molecule has 0 unspecified atom stereocenters. The van der Waals surface area contributed by atoms with Crippen molar-refractivity contribution in [3.05, 3.63) is 29.8 Å². The van der Waals surface area contributed by atoms with Crippen LogP contribution in [0.25, 0.3) is 0 Å². The number of anilines is 1. The largest absolute Gasteiger partial charge is 0.368 e. The maximum Gasteiger partial charge on any atom is 0.318 e. The van der Waals surface area contributed by atoms with Crippen molar-refractivity contribution in [3.63, 3.8) is 0 Å². The molecule has 6 nitrogen and oxygen atoms in total. The minimum Gasteiger partial charge on any atom is -0.368 e. The Morgan fingerprint density at radius 1 is 1.17 bits per heavy atom. The first-order valence-electron chi connectivity index (χ1n) is 5.94. The van der Waals surface area contributed by atoms with Gasteiger partial charge in [0, 0.05) is 37.4 Å². The van der Waals surface area contributed by atoms with Gasteiger partial charge in [-0.05, 0) is 11.3 Å². The molecule has 1 aromatic carbocycles. The number of amides is 1. The van der Waals surface area contributed by atoms with Crippen molar-refractivity contribution in [2.75, 3.05) is 31.1 Å². The molecular formula is C12H13N5O. The summed E-state index contributed by atoms with van der Waals surface area (Å²) in [6, 6.07) is 7.77. The Morgan fingerprint density at radius 2 is 1.94 bits per heavy atom. The number of carbonyl (C=O) groups is 1. The molecule has 3 rings (SSSR count). The van der Waals surface area contributed by atoms with Crippen LogP contribution in [0.4, 0.5) is 5.69 Å². The Labute approximate surface area is 104 Å². The number of benzene rings is 1. The highest BCUT2D eigenvalue weighted by atomic mass is 16.2. The Bertz CT molecular complexity index is 531. The summed E-state index contributed by atoms with van der Waals surface area (Å²) < 4.78 is 0. The second-order valence-electron chi connectivity index (χ2n) is 4.20. The smallest absolute Gasteiger partial charge is 0.318 e. The Kier molecular flexibility index (Phi) is 2.85. The molecule has 18 heavy (non-hydrogen) atoms. The van der Waals surface area contributed by atoms with Gasteiger partial charge in [-0.3, -0.25) is 4.79 Å². The summed E-state index contributed by atoms with van der Waals surface area (Å²) in [7, 11) is 0. The van der Waals surface area contributed by atoms with Gasteiger partial charge < -0.3 is 10.2 Å². The molecule has 6 heteroatoms. The van der Waals surface area contributed by atoms with Gasteiger partial charge in [-0.1, -0.05) is 23.3 Å². The van der Waals surface area contributed by atoms with E-state index in [4.69, 9.17) is 0 Å². The van der Waals surface area contributed by atoms with E-state index in [9.17, 15) is 4.79 Å². The van der Waals surface area contributed by atoms with Crippen LogP contribution in [0.15, 0.2) is 39.7 Å². The summed E-state index contributed by atoms with van der Waals surface area (Å²) in [6.45, 7) is 3.74. The lowest BCUT2D eigenvalue weighted by atomic mass is 10.1. The van der Waals surface area contributed by atoms with Gasteiger partial charge in [-0.15, -0.1) is 5.10 Å². The van der Waals surface area contributed by atoms with E-state index in [1.807, 2.05) is 24.3 Å². The molecule has 0 atom stereocenters. The van der Waals surface area contributed by atoms with Gasteiger partial charge in [0.1, 0.15) is 0 Å². The number of carbonyl (C=O) groups excluding carboxylic acids is 1. The van der Waals surface area contributed by atoms with Crippen molar-refractivity contribution in [3.8, 4) is 0 Å². The summed E-state index contributed by atoms with van der Waals surface area (Å²) in [6.07, 6.45) is 0. The predicted molar refractivity (Wildman–Crippen MR) is 67.9 cm³/mol. The summed E-state index contributed by atoms with van der Waals surface area (Å²) in [5.74, 6) is -0.363. The highest BCUT2D eigenvalue weighted by molar-refractivity contribution is 6.47. The van der Waals surface area contributed by atoms with Crippen LogP contribution < -0.4 is 10.2 Å². The molecule has 1 fully saturated rings. The molecule has 0 aromatic heterocycles. The van der Waals surface area contributed by atoms with Gasteiger partial charge in [-0.2, -0.15) is 0 Å². The minimum absolute atomic E-state index is 0.337. The van der Waals surface area contributed by atoms with Crippen LogP contribution in [0.3, 0.4) is 0 Å². The van der Waals surface area contributed by atoms with Crippen LogP contribution in [-0.2, 0) is 4.79 Å². The maximum absolute atomic E-state index is 11.6. The van der Waals surface area contributed by atoms with E-state index >= 15 is 0 Å². The molecule has 0 saturated carbocycles. The van der Waals surface area contributed by atoms with Crippen LogP contribution in [0.5, 0.6) is 0 Å². The first kappa shape index (κ1) is 11.0. The van der Waals surface area contributed by atoms with E-state index in [0.717, 1.165) is 37.4 Å². The van der Waals surface area contributed by atoms with Crippen LogP contribution in [0, 0.1) is 0 Å². The molecule has 1 amide bonds. The SMILES string of the molecule is O=C1N=NN=C1c1ccccc1N1CCNCC1. The van der Waals surface area contributed by atoms with Gasteiger partial charge in [0.15, 0.2) is 5.71 Å². The van der Waals surface area contributed by atoms with E-state index < -0.39 is 0 Å². The zero-order valence-corrected chi connectivity index (χ0v) is 9.83. The maximum atomic E-state index is 11.6. The van der Waals surface area contributed by atoms with Crippen molar-refractivity contribution in [1.82, 2.24) is 5.32 Å². The lowest BCUT2D eigenvalue weighted by Crippen LogP contribution is -2.44. The number of rotatable bonds is 2. The average Bonchev–Trinajstić information content (AvgIpc) is 2.86. The second kappa shape index (κ2) is 4.66. The van der Waals surface area contributed by atoms with Crippen LogP contribution >= 0.6 is 0 Å². The van der Waals surface area contributed by atoms with E-state index in [-0.39, 0.29) is 5.91 Å². The standard InChI is InChI=1S/C12H13N5O/c18-12-11(14-16-15-12)9-3-1-2-4-10(9)17-7-5-13-6-8-17/h1-4,13H,5-8H2. The molecular weight excluding hydrogens is 230 g/mol. The van der Waals surface area contributed by atoms with Gasteiger partial charge >= 0.3 is 5.91 Å². The van der Waals surface area contributed by atoms with Gasteiger partial charge in [0.25, 0.3) is 0 Å². The number of hydrogen-bond acceptors (Lipinski definition) is 5. The normalized spacial score (nSPS) is 19.2. The third-order valence-electron chi connectivity index (χ3n) is 3.10. The fraction of sp³-hybridized carbons (Fsp3) is 0.333. The summed E-state index contributed by atoms with van der Waals surface area (Å²) >= 11 is 0. The van der Waals surface area contributed by atoms with Crippen molar-refractivity contribution in [2.45, 2.75) is 0 Å². The van der Waals surface area contributed by atoms with Gasteiger partial charge in [-0.25, -0.2) is 0 Å². The summed E-state index contributed by atoms with van der Waals surface area (Å²) in [4.78, 5) is 13.8. The molecule has 2 aliphatic heterocycles. The van der Waals surface area contributed by atoms with Gasteiger partial charge in [0.2, 0.25) is 0 Å². The quantitative estimate of drug-likeness (QED) is 0.835. The van der Waals surface area contributed by atoms with Crippen LogP contribution in [-0.4, -0.2) is 37.8 Å². The van der Waals surface area contributed by atoms with E-state index in [1.165, 1.54) is 0 Å². The molecule has 2 aliphatic rings. The van der Waals surface area contributed by atoms with Crippen LogP contribution in [0.2, 0.25) is 0 Å². The average molecular weight is 243 g/mol. The molecule has 0 aliphatic carbocycles. The predicted octanol–water partition coefficient (Wildman–Crippen LogP) is 0.793. The number of para-hydroxylation sites is 1. The first-order valence-corrected chi connectivity index (χ1v) is 5.94. The molecule has 0 bridgehead atoms. The number of hydrogen-bond donors (Lipinski definition) is 1. The molecule has 0 spiro atoms. The highest BCUT2D eigenvalue weighted by Gasteiger charge is 2.23. The van der Waals surface area contributed by atoms with E-state index in [1.54, 1.807) is 0 Å². The molecule has 1 N–H and O–H groups in total. The topological polar surface area (TPSA) is 69.4 Å². The molecule has 92 valence electrons. The van der Waals surface area contributed by atoms with Crippen molar-refractivity contribution in [1.29, 1.82) is 0 Å². The van der Waals surface area contributed by atoms with Crippen molar-refractivity contribution in [2.24, 2.45) is 15.4 Å². The number of nitrogens with zero attached hydrogens (tertiary/aromatic N) is 4. The summed E-state index contributed by atoms with van der Waals surface area (Å²) in [5, 5.41) is 14.0. The minimum atomic E-state index is -0.363. The number of piperazine rings is 1. The monoisotopic (exact) mass is 243 g/mol. The number of nitrogens with one attached hydrogen (secondary N) is 1. The molecule has 2 heterocycles. The molecule has 1 saturated heterocycles. The second-order valence-corrected chi connectivity index (χ2v) is 4.20. The molecule has 1 aromatic rings.